The van der Waals surface area contributed by atoms with Crippen molar-refractivity contribution in [2.45, 2.75) is 45.8 Å². The van der Waals surface area contributed by atoms with E-state index in [1.54, 1.807) is 12.1 Å². The van der Waals surface area contributed by atoms with Gasteiger partial charge in [-0.3, -0.25) is 25.2 Å². The molecule has 0 saturated carbocycles. The average molecular weight is 397 g/mol. The first-order chi connectivity index (χ1) is 14.0. The molecule has 1 unspecified atom stereocenters. The summed E-state index contributed by atoms with van der Waals surface area (Å²) in [5.41, 5.74) is 6.75. The minimum atomic E-state index is -0.729. The third-order valence-corrected chi connectivity index (χ3v) is 4.20. The maximum atomic E-state index is 12.2. The summed E-state index contributed by atoms with van der Waals surface area (Å²) < 4.78 is 5.66. The van der Waals surface area contributed by atoms with Gasteiger partial charge in [0.1, 0.15) is 5.75 Å². The maximum Gasteiger partial charge on any atom is 0.279 e. The van der Waals surface area contributed by atoms with Gasteiger partial charge >= 0.3 is 0 Å². The van der Waals surface area contributed by atoms with Gasteiger partial charge in [0.2, 0.25) is 11.8 Å². The number of rotatable bonds is 9. The van der Waals surface area contributed by atoms with Crippen molar-refractivity contribution in [3.05, 3.63) is 65.7 Å². The van der Waals surface area contributed by atoms with Gasteiger partial charge in [0.05, 0.1) is 0 Å². The second-order valence-corrected chi connectivity index (χ2v) is 6.63. The zero-order valence-corrected chi connectivity index (χ0v) is 16.7. The minimum Gasteiger partial charge on any atom is -0.481 e. The van der Waals surface area contributed by atoms with Gasteiger partial charge in [-0.15, -0.1) is 0 Å². The smallest absolute Gasteiger partial charge is 0.279 e. The Morgan fingerprint density at radius 1 is 0.897 bits per heavy atom. The molecule has 7 heteroatoms. The van der Waals surface area contributed by atoms with E-state index < -0.39 is 17.9 Å². The largest absolute Gasteiger partial charge is 0.481 e. The molecule has 0 bridgehead atoms. The van der Waals surface area contributed by atoms with Gasteiger partial charge in [0.15, 0.2) is 6.10 Å². The normalized spacial score (nSPS) is 11.2. The van der Waals surface area contributed by atoms with Crippen LogP contribution < -0.4 is 20.9 Å². The molecule has 0 heterocycles. The summed E-state index contributed by atoms with van der Waals surface area (Å²) >= 11 is 0. The summed E-state index contributed by atoms with van der Waals surface area (Å²) in [5, 5.41) is 2.75. The number of carbonyl (C=O) groups is 3. The third kappa shape index (κ3) is 8.04. The zero-order valence-electron chi connectivity index (χ0n) is 16.7. The quantitative estimate of drug-likeness (QED) is 0.566. The molecule has 2 rings (SSSR count). The van der Waals surface area contributed by atoms with Crippen molar-refractivity contribution in [3.63, 3.8) is 0 Å². The SMILES string of the molecule is CCC(Oc1ccc(C)cc1)C(=O)NNC(=O)CCC(=O)NCc1ccccc1. The predicted molar refractivity (Wildman–Crippen MR) is 110 cm³/mol. The highest BCUT2D eigenvalue weighted by Gasteiger charge is 2.19. The van der Waals surface area contributed by atoms with E-state index in [9.17, 15) is 14.4 Å². The number of benzene rings is 2. The molecule has 0 radical (unpaired) electrons. The minimum absolute atomic E-state index is 0.0312. The van der Waals surface area contributed by atoms with Crippen molar-refractivity contribution in [1.82, 2.24) is 16.2 Å². The number of aryl methyl sites for hydroxylation is 1. The van der Waals surface area contributed by atoms with E-state index in [0.717, 1.165) is 11.1 Å². The van der Waals surface area contributed by atoms with Crippen molar-refractivity contribution >= 4 is 17.7 Å². The molecular weight excluding hydrogens is 370 g/mol. The topological polar surface area (TPSA) is 96.5 Å². The standard InChI is InChI=1S/C22H27N3O4/c1-3-19(29-18-11-9-16(2)10-12-18)22(28)25-24-21(27)14-13-20(26)23-15-17-7-5-4-6-8-17/h4-12,19H,3,13-15H2,1-2H3,(H,23,26)(H,24,27)(H,25,28). The molecule has 0 spiro atoms. The number of amides is 3. The predicted octanol–water partition coefficient (Wildman–Crippen LogP) is 2.40. The van der Waals surface area contributed by atoms with Gasteiger partial charge in [-0.25, -0.2) is 0 Å². The molecule has 2 aromatic carbocycles. The van der Waals surface area contributed by atoms with E-state index >= 15 is 0 Å². The lowest BCUT2D eigenvalue weighted by atomic mass is 10.2. The highest BCUT2D eigenvalue weighted by molar-refractivity contribution is 5.87. The van der Waals surface area contributed by atoms with Gasteiger partial charge in [-0.1, -0.05) is 55.0 Å². The molecule has 0 fully saturated rings. The summed E-state index contributed by atoms with van der Waals surface area (Å²) in [6, 6.07) is 16.9. The van der Waals surface area contributed by atoms with Gasteiger partial charge in [0, 0.05) is 19.4 Å². The second-order valence-electron chi connectivity index (χ2n) is 6.63. The van der Waals surface area contributed by atoms with Crippen LogP contribution in [0.2, 0.25) is 0 Å². The maximum absolute atomic E-state index is 12.2. The lowest BCUT2D eigenvalue weighted by molar-refractivity contribution is -0.133. The van der Waals surface area contributed by atoms with Crippen molar-refractivity contribution in [2.24, 2.45) is 0 Å². The molecule has 1 atom stereocenters. The lowest BCUT2D eigenvalue weighted by Crippen LogP contribution is -2.48. The molecule has 2 aromatic rings. The van der Waals surface area contributed by atoms with Gasteiger partial charge in [-0.05, 0) is 31.0 Å². The van der Waals surface area contributed by atoms with E-state index in [4.69, 9.17) is 4.74 Å². The Bertz CT molecular complexity index is 807. The summed E-state index contributed by atoms with van der Waals surface area (Å²) in [6.07, 6.45) is -0.285. The first-order valence-electron chi connectivity index (χ1n) is 9.60. The molecular formula is C22H27N3O4. The number of hydrogen-bond acceptors (Lipinski definition) is 4. The average Bonchev–Trinajstić information content (AvgIpc) is 2.74. The fraction of sp³-hybridized carbons (Fsp3) is 0.318. The van der Waals surface area contributed by atoms with Crippen molar-refractivity contribution in [2.75, 3.05) is 0 Å². The van der Waals surface area contributed by atoms with Crippen molar-refractivity contribution in [1.29, 1.82) is 0 Å². The van der Waals surface area contributed by atoms with Gasteiger partial charge < -0.3 is 10.1 Å². The van der Waals surface area contributed by atoms with E-state index in [1.807, 2.05) is 56.3 Å². The van der Waals surface area contributed by atoms with E-state index in [-0.39, 0.29) is 18.7 Å². The number of hydrazine groups is 1. The van der Waals surface area contributed by atoms with Crippen LogP contribution in [0.15, 0.2) is 54.6 Å². The molecule has 0 aliphatic rings. The molecule has 0 saturated heterocycles. The number of carbonyl (C=O) groups excluding carboxylic acids is 3. The Labute approximate surface area is 170 Å². The fourth-order valence-corrected chi connectivity index (χ4v) is 2.49. The van der Waals surface area contributed by atoms with Crippen LogP contribution in [0.1, 0.15) is 37.3 Å². The molecule has 3 N–H and O–H groups in total. The lowest BCUT2D eigenvalue weighted by Gasteiger charge is -2.17. The number of nitrogens with one attached hydrogen (secondary N) is 3. The summed E-state index contributed by atoms with van der Waals surface area (Å²) in [7, 11) is 0. The van der Waals surface area contributed by atoms with Crippen LogP contribution >= 0.6 is 0 Å². The van der Waals surface area contributed by atoms with Crippen LogP contribution in [0.4, 0.5) is 0 Å². The van der Waals surface area contributed by atoms with Crippen LogP contribution in [0, 0.1) is 6.92 Å². The monoisotopic (exact) mass is 397 g/mol. The van der Waals surface area contributed by atoms with Crippen LogP contribution in [-0.4, -0.2) is 23.8 Å². The molecule has 29 heavy (non-hydrogen) atoms. The van der Waals surface area contributed by atoms with Crippen LogP contribution in [0.25, 0.3) is 0 Å². The number of ether oxygens (including phenoxy) is 1. The van der Waals surface area contributed by atoms with E-state index in [1.165, 1.54) is 0 Å². The molecule has 0 aliphatic heterocycles. The molecule has 0 aliphatic carbocycles. The van der Waals surface area contributed by atoms with Crippen LogP contribution in [0.5, 0.6) is 5.75 Å². The Morgan fingerprint density at radius 3 is 2.21 bits per heavy atom. The molecule has 154 valence electrons. The number of hydrogen-bond donors (Lipinski definition) is 3. The van der Waals surface area contributed by atoms with Gasteiger partial charge in [-0.2, -0.15) is 0 Å². The van der Waals surface area contributed by atoms with Crippen molar-refractivity contribution < 1.29 is 19.1 Å². The van der Waals surface area contributed by atoms with E-state index in [0.29, 0.717) is 18.7 Å². The highest BCUT2D eigenvalue weighted by atomic mass is 16.5. The Hall–Kier alpha value is -3.35. The molecule has 3 amide bonds. The van der Waals surface area contributed by atoms with E-state index in [2.05, 4.69) is 16.2 Å². The summed E-state index contributed by atoms with van der Waals surface area (Å²) in [6.45, 7) is 4.19. The molecule has 0 aromatic heterocycles. The Morgan fingerprint density at radius 2 is 1.55 bits per heavy atom. The zero-order chi connectivity index (χ0) is 21.1. The summed E-state index contributed by atoms with van der Waals surface area (Å²) in [5.74, 6) is -0.545. The first kappa shape index (κ1) is 21.9. The Kier molecular flexibility index (Phi) is 8.69. The molecule has 7 nitrogen and oxygen atoms in total. The van der Waals surface area contributed by atoms with Crippen molar-refractivity contribution in [3.8, 4) is 5.75 Å². The Balaban J connectivity index is 1.68. The summed E-state index contributed by atoms with van der Waals surface area (Å²) in [4.78, 5) is 35.9. The van der Waals surface area contributed by atoms with Gasteiger partial charge in [0.25, 0.3) is 5.91 Å². The highest BCUT2D eigenvalue weighted by Crippen LogP contribution is 2.14. The fourth-order valence-electron chi connectivity index (χ4n) is 2.49. The van der Waals surface area contributed by atoms with Crippen LogP contribution in [-0.2, 0) is 20.9 Å². The first-order valence-corrected chi connectivity index (χ1v) is 9.60. The van der Waals surface area contributed by atoms with Crippen LogP contribution in [0.3, 0.4) is 0 Å². The second kappa shape index (κ2) is 11.5. The third-order valence-electron chi connectivity index (χ3n) is 4.20.